The lowest BCUT2D eigenvalue weighted by Gasteiger charge is -2.12. The van der Waals surface area contributed by atoms with Crippen LogP contribution in [0.15, 0.2) is 24.3 Å². The zero-order valence-corrected chi connectivity index (χ0v) is 9.26. The lowest BCUT2D eigenvalue weighted by molar-refractivity contribution is 0.0938. The zero-order valence-electron chi connectivity index (χ0n) is 8.50. The van der Waals surface area contributed by atoms with Crippen LogP contribution in [0.3, 0.4) is 0 Å². The summed E-state index contributed by atoms with van der Waals surface area (Å²) in [5.41, 5.74) is 0.575. The Kier molecular flexibility index (Phi) is 3.27. The van der Waals surface area contributed by atoms with Crippen molar-refractivity contribution < 1.29 is 4.79 Å². The molecule has 0 heterocycles. The van der Waals surface area contributed by atoms with Gasteiger partial charge in [-0.3, -0.25) is 4.79 Å². The van der Waals surface area contributed by atoms with Gasteiger partial charge in [-0.1, -0.05) is 36.6 Å². The zero-order chi connectivity index (χ0) is 10.7. The van der Waals surface area contributed by atoms with Crippen molar-refractivity contribution in [2.24, 2.45) is 0 Å². The number of carbonyl (C=O) groups is 1. The Balaban J connectivity index is 2.04. The molecule has 0 bridgehead atoms. The summed E-state index contributed by atoms with van der Waals surface area (Å²) in [6.45, 7) is 0. The van der Waals surface area contributed by atoms with E-state index in [4.69, 9.17) is 11.6 Å². The van der Waals surface area contributed by atoms with Crippen molar-refractivity contribution in [2.45, 2.75) is 31.7 Å². The third kappa shape index (κ3) is 2.51. The third-order valence-electron chi connectivity index (χ3n) is 2.81. The molecular formula is C12H14ClNO. The van der Waals surface area contributed by atoms with Crippen molar-refractivity contribution in [3.8, 4) is 0 Å². The van der Waals surface area contributed by atoms with Crippen molar-refractivity contribution in [1.29, 1.82) is 0 Å². The summed E-state index contributed by atoms with van der Waals surface area (Å²) in [7, 11) is 0. The van der Waals surface area contributed by atoms with Gasteiger partial charge in [0, 0.05) is 6.04 Å². The molecule has 1 aromatic rings. The van der Waals surface area contributed by atoms with Gasteiger partial charge in [0.1, 0.15) is 0 Å². The highest BCUT2D eigenvalue weighted by Gasteiger charge is 2.18. The second-order valence-electron chi connectivity index (χ2n) is 3.93. The van der Waals surface area contributed by atoms with Gasteiger partial charge in [0.05, 0.1) is 10.6 Å². The maximum absolute atomic E-state index is 11.8. The van der Waals surface area contributed by atoms with Crippen LogP contribution in [0, 0.1) is 0 Å². The molecule has 0 atom stereocenters. The Morgan fingerprint density at radius 2 is 1.93 bits per heavy atom. The van der Waals surface area contributed by atoms with E-state index in [0.29, 0.717) is 16.6 Å². The molecule has 2 nitrogen and oxygen atoms in total. The number of carbonyl (C=O) groups excluding carboxylic acids is 1. The molecule has 80 valence electrons. The van der Waals surface area contributed by atoms with Crippen LogP contribution in [0.1, 0.15) is 36.0 Å². The van der Waals surface area contributed by atoms with Gasteiger partial charge in [-0.15, -0.1) is 0 Å². The predicted molar refractivity (Wildman–Crippen MR) is 61.2 cm³/mol. The molecule has 1 amide bonds. The van der Waals surface area contributed by atoms with Crippen LogP contribution in [0.25, 0.3) is 0 Å². The SMILES string of the molecule is O=C(NC1CCCC1)c1ccccc1Cl. The molecule has 1 aliphatic rings. The molecule has 2 rings (SSSR count). The minimum absolute atomic E-state index is 0.0486. The summed E-state index contributed by atoms with van der Waals surface area (Å²) in [5, 5.41) is 3.53. The van der Waals surface area contributed by atoms with Crippen LogP contribution in [0.5, 0.6) is 0 Å². The Hall–Kier alpha value is -1.02. The van der Waals surface area contributed by atoms with Crippen LogP contribution in [0.2, 0.25) is 5.02 Å². The number of benzene rings is 1. The second kappa shape index (κ2) is 4.67. The fraction of sp³-hybridized carbons (Fsp3) is 0.417. The van der Waals surface area contributed by atoms with Gasteiger partial charge in [-0.25, -0.2) is 0 Å². The molecule has 1 saturated carbocycles. The van der Waals surface area contributed by atoms with Crippen molar-refractivity contribution in [3.63, 3.8) is 0 Å². The number of amides is 1. The average molecular weight is 224 g/mol. The van der Waals surface area contributed by atoms with Crippen molar-refractivity contribution in [2.75, 3.05) is 0 Å². The summed E-state index contributed by atoms with van der Waals surface area (Å²) in [6.07, 6.45) is 4.62. The number of nitrogens with one attached hydrogen (secondary N) is 1. The minimum atomic E-state index is -0.0486. The van der Waals surface area contributed by atoms with E-state index in [1.807, 2.05) is 12.1 Å². The molecule has 1 N–H and O–H groups in total. The second-order valence-corrected chi connectivity index (χ2v) is 4.34. The van der Waals surface area contributed by atoms with Gasteiger partial charge < -0.3 is 5.32 Å². The van der Waals surface area contributed by atoms with E-state index in [0.717, 1.165) is 12.8 Å². The smallest absolute Gasteiger partial charge is 0.253 e. The molecular weight excluding hydrogens is 210 g/mol. The first kappa shape index (κ1) is 10.5. The quantitative estimate of drug-likeness (QED) is 0.821. The minimum Gasteiger partial charge on any atom is -0.349 e. The van der Waals surface area contributed by atoms with Crippen molar-refractivity contribution in [3.05, 3.63) is 34.9 Å². The monoisotopic (exact) mass is 223 g/mol. The molecule has 0 saturated heterocycles. The van der Waals surface area contributed by atoms with Gasteiger partial charge in [-0.2, -0.15) is 0 Å². The largest absolute Gasteiger partial charge is 0.349 e. The van der Waals surface area contributed by atoms with E-state index < -0.39 is 0 Å². The molecule has 0 spiro atoms. The fourth-order valence-corrected chi connectivity index (χ4v) is 2.20. The molecule has 0 radical (unpaired) electrons. The van der Waals surface area contributed by atoms with Gasteiger partial charge in [-0.05, 0) is 25.0 Å². The van der Waals surface area contributed by atoms with E-state index in [-0.39, 0.29) is 5.91 Å². The molecule has 0 unspecified atom stereocenters. The van der Waals surface area contributed by atoms with E-state index in [2.05, 4.69) is 5.32 Å². The molecule has 1 fully saturated rings. The van der Waals surface area contributed by atoms with Crippen molar-refractivity contribution in [1.82, 2.24) is 5.32 Å². The van der Waals surface area contributed by atoms with Crippen LogP contribution >= 0.6 is 11.6 Å². The van der Waals surface area contributed by atoms with E-state index >= 15 is 0 Å². The van der Waals surface area contributed by atoms with E-state index in [1.54, 1.807) is 12.1 Å². The molecule has 15 heavy (non-hydrogen) atoms. The number of rotatable bonds is 2. The van der Waals surface area contributed by atoms with Gasteiger partial charge in [0.25, 0.3) is 5.91 Å². The third-order valence-corrected chi connectivity index (χ3v) is 3.14. The topological polar surface area (TPSA) is 29.1 Å². The Morgan fingerprint density at radius 3 is 2.60 bits per heavy atom. The Labute approximate surface area is 94.6 Å². The van der Waals surface area contributed by atoms with Crippen molar-refractivity contribution >= 4 is 17.5 Å². The summed E-state index contributed by atoms with van der Waals surface area (Å²) in [6, 6.07) is 7.50. The van der Waals surface area contributed by atoms with Gasteiger partial charge in [0.15, 0.2) is 0 Å². The predicted octanol–water partition coefficient (Wildman–Crippen LogP) is 3.01. The Morgan fingerprint density at radius 1 is 1.27 bits per heavy atom. The lowest BCUT2D eigenvalue weighted by Crippen LogP contribution is -2.32. The standard InChI is InChI=1S/C12H14ClNO/c13-11-8-4-3-7-10(11)12(15)14-9-5-1-2-6-9/h3-4,7-9H,1-2,5-6H2,(H,14,15). The normalized spacial score (nSPS) is 16.6. The maximum Gasteiger partial charge on any atom is 0.253 e. The number of hydrogen-bond donors (Lipinski definition) is 1. The van der Waals surface area contributed by atoms with Gasteiger partial charge >= 0.3 is 0 Å². The Bertz CT molecular complexity index is 358. The fourth-order valence-electron chi connectivity index (χ4n) is 1.98. The van der Waals surface area contributed by atoms with Gasteiger partial charge in [0.2, 0.25) is 0 Å². The lowest BCUT2D eigenvalue weighted by atomic mass is 10.2. The summed E-state index contributed by atoms with van der Waals surface area (Å²) >= 11 is 5.94. The van der Waals surface area contributed by atoms with Crippen LogP contribution < -0.4 is 5.32 Å². The van der Waals surface area contributed by atoms with Crippen LogP contribution in [0.4, 0.5) is 0 Å². The first-order valence-electron chi connectivity index (χ1n) is 5.33. The molecule has 0 aliphatic heterocycles. The van der Waals surface area contributed by atoms with E-state index in [9.17, 15) is 4.79 Å². The molecule has 1 aromatic carbocycles. The first-order chi connectivity index (χ1) is 7.27. The van der Waals surface area contributed by atoms with E-state index in [1.165, 1.54) is 12.8 Å². The highest BCUT2D eigenvalue weighted by Crippen LogP contribution is 2.20. The molecule has 1 aliphatic carbocycles. The van der Waals surface area contributed by atoms with Crippen LogP contribution in [-0.4, -0.2) is 11.9 Å². The summed E-state index contributed by atoms with van der Waals surface area (Å²) in [4.78, 5) is 11.8. The molecule has 0 aromatic heterocycles. The number of hydrogen-bond acceptors (Lipinski definition) is 1. The maximum atomic E-state index is 11.8. The summed E-state index contributed by atoms with van der Waals surface area (Å²) < 4.78 is 0. The van der Waals surface area contributed by atoms with Crippen LogP contribution in [-0.2, 0) is 0 Å². The number of halogens is 1. The first-order valence-corrected chi connectivity index (χ1v) is 5.70. The highest BCUT2D eigenvalue weighted by molar-refractivity contribution is 6.33. The average Bonchev–Trinajstić information content (AvgIpc) is 2.71. The molecule has 3 heteroatoms. The summed E-state index contributed by atoms with van der Waals surface area (Å²) in [5.74, 6) is -0.0486. The highest BCUT2D eigenvalue weighted by atomic mass is 35.5.